The number of nitrogens with two attached hydrogens (primary N) is 1. The Morgan fingerprint density at radius 3 is 2.35 bits per heavy atom. The molecule has 0 radical (unpaired) electrons. The van der Waals surface area contributed by atoms with Crippen LogP contribution >= 0.6 is 0 Å². The maximum absolute atomic E-state index is 12.3. The van der Waals surface area contributed by atoms with Crippen molar-refractivity contribution in [2.75, 3.05) is 13.2 Å². The van der Waals surface area contributed by atoms with Crippen molar-refractivity contribution in [1.29, 1.82) is 0 Å². The summed E-state index contributed by atoms with van der Waals surface area (Å²) in [6, 6.07) is 6.65. The second-order valence-corrected chi connectivity index (χ2v) is 6.70. The van der Waals surface area contributed by atoms with E-state index in [9.17, 15) is 13.2 Å². The zero-order valence-electron chi connectivity index (χ0n) is 11.3. The molecular weight excluding hydrogens is 280 g/mol. The molecule has 1 fully saturated rings. The highest BCUT2D eigenvalue weighted by atomic mass is 32.2. The lowest BCUT2D eigenvalue weighted by atomic mass is 9.94. The van der Waals surface area contributed by atoms with Gasteiger partial charge in [-0.2, -0.15) is 4.72 Å². The number of hydrogen-bond donors (Lipinski definition) is 2. The van der Waals surface area contributed by atoms with Gasteiger partial charge in [0, 0.05) is 0 Å². The van der Waals surface area contributed by atoms with Crippen LogP contribution in [0.15, 0.2) is 29.2 Å². The molecule has 0 aliphatic carbocycles. The summed E-state index contributed by atoms with van der Waals surface area (Å²) >= 11 is 0. The van der Waals surface area contributed by atoms with E-state index in [2.05, 4.69) is 4.72 Å². The first-order chi connectivity index (χ1) is 9.37. The molecule has 110 valence electrons. The molecule has 0 aromatic heterocycles. The van der Waals surface area contributed by atoms with Gasteiger partial charge in [-0.3, -0.25) is 4.79 Å². The van der Waals surface area contributed by atoms with Crippen molar-refractivity contribution < 1.29 is 17.9 Å². The van der Waals surface area contributed by atoms with E-state index < -0.39 is 21.5 Å². The molecule has 0 atom stereocenters. The molecule has 3 N–H and O–H groups in total. The minimum atomic E-state index is -3.69. The summed E-state index contributed by atoms with van der Waals surface area (Å²) < 4.78 is 32.2. The minimum absolute atomic E-state index is 0.0702. The number of aryl methyl sites for hydroxylation is 1. The first-order valence-electron chi connectivity index (χ1n) is 6.36. The van der Waals surface area contributed by atoms with Gasteiger partial charge >= 0.3 is 0 Å². The molecule has 2 rings (SSSR count). The van der Waals surface area contributed by atoms with Gasteiger partial charge in [0.05, 0.1) is 30.1 Å². The van der Waals surface area contributed by atoms with Crippen molar-refractivity contribution in [2.24, 2.45) is 5.73 Å². The van der Waals surface area contributed by atoms with Gasteiger partial charge in [0.15, 0.2) is 0 Å². The van der Waals surface area contributed by atoms with Crippen LogP contribution in [-0.2, 0) is 26.0 Å². The average molecular weight is 298 g/mol. The van der Waals surface area contributed by atoms with Crippen LogP contribution in [0.2, 0.25) is 0 Å². The van der Waals surface area contributed by atoms with Crippen LogP contribution in [0.5, 0.6) is 0 Å². The normalized spacial score (nSPS) is 17.4. The lowest BCUT2D eigenvalue weighted by molar-refractivity contribution is -0.126. The van der Waals surface area contributed by atoms with Crippen LogP contribution in [0.25, 0.3) is 0 Å². The fraction of sp³-hybridized carbons (Fsp3) is 0.462. The molecule has 1 heterocycles. The van der Waals surface area contributed by atoms with Gasteiger partial charge in [-0.15, -0.1) is 0 Å². The van der Waals surface area contributed by atoms with Crippen LogP contribution in [0, 0.1) is 0 Å². The first kappa shape index (κ1) is 15.0. The van der Waals surface area contributed by atoms with E-state index >= 15 is 0 Å². The molecule has 1 aliphatic rings. The Bertz CT molecular complexity index is 591. The number of primary amides is 1. The van der Waals surface area contributed by atoms with Crippen LogP contribution in [0.4, 0.5) is 0 Å². The summed E-state index contributed by atoms with van der Waals surface area (Å²) in [5.74, 6) is -0.558. The van der Waals surface area contributed by atoms with Gasteiger partial charge in [-0.1, -0.05) is 19.1 Å². The Hall–Kier alpha value is -1.44. The number of carbonyl (C=O) groups is 1. The predicted molar refractivity (Wildman–Crippen MR) is 73.5 cm³/mol. The zero-order valence-corrected chi connectivity index (χ0v) is 12.1. The van der Waals surface area contributed by atoms with Crippen molar-refractivity contribution in [3.05, 3.63) is 29.8 Å². The SMILES string of the molecule is CCc1ccc(S(=O)(=O)NC2(CC(N)=O)COC2)cc1. The Morgan fingerprint density at radius 1 is 1.35 bits per heavy atom. The Kier molecular flexibility index (Phi) is 4.12. The van der Waals surface area contributed by atoms with E-state index in [4.69, 9.17) is 10.5 Å². The fourth-order valence-electron chi connectivity index (χ4n) is 2.13. The van der Waals surface area contributed by atoms with E-state index in [1.165, 1.54) is 0 Å². The lowest BCUT2D eigenvalue weighted by Gasteiger charge is -2.40. The highest BCUT2D eigenvalue weighted by Gasteiger charge is 2.43. The van der Waals surface area contributed by atoms with Gasteiger partial charge in [0.2, 0.25) is 15.9 Å². The molecule has 1 aliphatic heterocycles. The average Bonchev–Trinajstić information content (AvgIpc) is 2.35. The van der Waals surface area contributed by atoms with Crippen molar-refractivity contribution in [3.8, 4) is 0 Å². The standard InChI is InChI=1S/C13H18N2O4S/c1-2-10-3-5-11(6-4-10)20(17,18)15-13(7-12(14)16)8-19-9-13/h3-6,15H,2,7-9H2,1H3,(H2,14,16). The maximum Gasteiger partial charge on any atom is 0.241 e. The van der Waals surface area contributed by atoms with Crippen molar-refractivity contribution in [1.82, 2.24) is 4.72 Å². The fourth-order valence-corrected chi connectivity index (χ4v) is 3.50. The third-order valence-corrected chi connectivity index (χ3v) is 4.86. The lowest BCUT2D eigenvalue weighted by Crippen LogP contribution is -2.63. The topological polar surface area (TPSA) is 98.5 Å². The Morgan fingerprint density at radius 2 is 1.95 bits per heavy atom. The molecule has 0 bridgehead atoms. The predicted octanol–water partition coefficient (Wildman–Crippen LogP) is 0.172. The summed E-state index contributed by atoms with van der Waals surface area (Å²) in [5, 5.41) is 0. The van der Waals surface area contributed by atoms with E-state index in [0.29, 0.717) is 0 Å². The number of benzene rings is 1. The smallest absolute Gasteiger partial charge is 0.241 e. The van der Waals surface area contributed by atoms with Crippen LogP contribution in [0.3, 0.4) is 0 Å². The Labute approximate surface area is 118 Å². The summed E-state index contributed by atoms with van der Waals surface area (Å²) in [7, 11) is -3.69. The molecule has 20 heavy (non-hydrogen) atoms. The molecular formula is C13H18N2O4S. The van der Waals surface area contributed by atoms with E-state index in [0.717, 1.165) is 12.0 Å². The van der Waals surface area contributed by atoms with E-state index in [1.807, 2.05) is 6.92 Å². The highest BCUT2D eigenvalue weighted by molar-refractivity contribution is 7.89. The number of carbonyl (C=O) groups excluding carboxylic acids is 1. The molecule has 0 saturated carbocycles. The van der Waals surface area contributed by atoms with Gasteiger partial charge < -0.3 is 10.5 Å². The molecule has 1 amide bonds. The summed E-state index contributed by atoms with van der Waals surface area (Å²) in [6.45, 7) is 2.31. The first-order valence-corrected chi connectivity index (χ1v) is 7.84. The number of sulfonamides is 1. The van der Waals surface area contributed by atoms with Crippen LogP contribution in [-0.4, -0.2) is 33.1 Å². The zero-order chi connectivity index (χ0) is 14.8. The number of nitrogens with one attached hydrogen (secondary N) is 1. The monoisotopic (exact) mass is 298 g/mol. The van der Waals surface area contributed by atoms with Crippen LogP contribution < -0.4 is 10.5 Å². The van der Waals surface area contributed by atoms with Crippen molar-refractivity contribution in [3.63, 3.8) is 0 Å². The molecule has 0 spiro atoms. The molecule has 1 aromatic rings. The van der Waals surface area contributed by atoms with Crippen molar-refractivity contribution >= 4 is 15.9 Å². The van der Waals surface area contributed by atoms with Crippen LogP contribution in [0.1, 0.15) is 18.9 Å². The van der Waals surface area contributed by atoms with Gasteiger partial charge in [0.1, 0.15) is 0 Å². The summed E-state index contributed by atoms with van der Waals surface area (Å²) in [5.41, 5.74) is 5.30. The largest absolute Gasteiger partial charge is 0.377 e. The molecule has 7 heteroatoms. The second kappa shape index (κ2) is 5.51. The molecule has 1 aromatic carbocycles. The number of hydrogen-bond acceptors (Lipinski definition) is 4. The highest BCUT2D eigenvalue weighted by Crippen LogP contribution is 2.24. The second-order valence-electron chi connectivity index (χ2n) is 5.02. The number of ether oxygens (including phenoxy) is 1. The molecule has 6 nitrogen and oxygen atoms in total. The Balaban J connectivity index is 2.19. The minimum Gasteiger partial charge on any atom is -0.377 e. The summed E-state index contributed by atoms with van der Waals surface area (Å²) in [4.78, 5) is 11.2. The third kappa shape index (κ3) is 3.17. The molecule has 1 saturated heterocycles. The quantitative estimate of drug-likeness (QED) is 0.782. The van der Waals surface area contributed by atoms with Gasteiger partial charge in [-0.25, -0.2) is 8.42 Å². The third-order valence-electron chi connectivity index (χ3n) is 3.26. The van der Waals surface area contributed by atoms with Crippen molar-refractivity contribution in [2.45, 2.75) is 30.2 Å². The van der Waals surface area contributed by atoms with Gasteiger partial charge in [0.25, 0.3) is 0 Å². The molecule has 0 unspecified atom stereocenters. The maximum atomic E-state index is 12.3. The van der Waals surface area contributed by atoms with E-state index in [-0.39, 0.29) is 24.5 Å². The summed E-state index contributed by atoms with van der Waals surface area (Å²) in [6.07, 6.45) is 0.770. The number of rotatable bonds is 6. The van der Waals surface area contributed by atoms with Gasteiger partial charge in [-0.05, 0) is 24.1 Å². The van der Waals surface area contributed by atoms with E-state index in [1.54, 1.807) is 24.3 Å². The number of amides is 1.